The zero-order valence-electron chi connectivity index (χ0n) is 16.9. The molecule has 1 aromatic heterocycles. The van der Waals surface area contributed by atoms with Gasteiger partial charge in [0.1, 0.15) is 15.0 Å². The molecule has 0 aliphatic heterocycles. The Morgan fingerprint density at radius 1 is 1.19 bits per heavy atom. The second kappa shape index (κ2) is 10.4. The third-order valence-electron chi connectivity index (χ3n) is 4.41. The maximum absolute atomic E-state index is 14.9. The number of sulfonamides is 1. The van der Waals surface area contributed by atoms with Gasteiger partial charge in [0.15, 0.2) is 0 Å². The molecule has 0 aliphatic carbocycles. The van der Waals surface area contributed by atoms with Gasteiger partial charge in [-0.2, -0.15) is 8.42 Å². The third kappa shape index (κ3) is 5.38. The largest absolute Gasteiger partial charge is 0.372 e. The fourth-order valence-electron chi connectivity index (χ4n) is 2.80. The van der Waals surface area contributed by atoms with Gasteiger partial charge in [0.25, 0.3) is 10.0 Å². The fourth-order valence-corrected chi connectivity index (χ4v) is 5.56. The fraction of sp³-hybridized carbons (Fsp3) is 0.211. The van der Waals surface area contributed by atoms with Gasteiger partial charge >= 0.3 is 0 Å². The minimum atomic E-state index is -4.47. The molecule has 0 radical (unpaired) electrons. The van der Waals surface area contributed by atoms with Crippen LogP contribution < -0.4 is 19.4 Å². The van der Waals surface area contributed by atoms with Crippen molar-refractivity contribution in [2.24, 2.45) is 0 Å². The molecule has 172 valence electrons. The molecule has 13 heteroatoms. The standard InChI is InChI=1S/C19H19Cl3FN5O2S2/c1-24-7-8-27(2)16-6-4-3-5-14(16)26-15-10-13(23)17(9-12(15)20)32(29,30)28(22)19-25-11-18(21)31-19/h3-6,9-11,24,26H,7-8H2,1-2H3. The van der Waals surface area contributed by atoms with Gasteiger partial charge in [0, 0.05) is 38.0 Å². The van der Waals surface area contributed by atoms with Gasteiger partial charge in [0.2, 0.25) is 5.13 Å². The number of thiazole rings is 1. The molecular weight excluding hydrogens is 520 g/mol. The number of halogens is 4. The average molecular weight is 539 g/mol. The first-order chi connectivity index (χ1) is 15.1. The number of nitrogens with zero attached hydrogens (tertiary/aromatic N) is 3. The zero-order valence-corrected chi connectivity index (χ0v) is 20.8. The summed E-state index contributed by atoms with van der Waals surface area (Å²) in [6.07, 6.45) is 1.24. The highest BCUT2D eigenvalue weighted by atomic mass is 35.5. The number of aromatic nitrogens is 1. The lowest BCUT2D eigenvalue weighted by Gasteiger charge is -2.23. The summed E-state index contributed by atoms with van der Waals surface area (Å²) in [5, 5.41) is 6.04. The summed E-state index contributed by atoms with van der Waals surface area (Å²) in [5.41, 5.74) is 1.75. The Balaban J connectivity index is 1.92. The second-order valence-corrected chi connectivity index (χ2v) is 10.9. The quantitative estimate of drug-likeness (QED) is 0.358. The lowest BCUT2D eigenvalue weighted by molar-refractivity contribution is 0.568. The van der Waals surface area contributed by atoms with Crippen LogP contribution in [0, 0.1) is 5.82 Å². The molecule has 0 saturated heterocycles. The Labute approximate surface area is 204 Å². The minimum Gasteiger partial charge on any atom is -0.372 e. The van der Waals surface area contributed by atoms with Crippen molar-refractivity contribution >= 4 is 78.5 Å². The van der Waals surface area contributed by atoms with Gasteiger partial charge in [-0.05, 0) is 25.2 Å². The molecule has 2 N–H and O–H groups in total. The van der Waals surface area contributed by atoms with E-state index in [2.05, 4.69) is 15.6 Å². The van der Waals surface area contributed by atoms with Crippen molar-refractivity contribution < 1.29 is 12.8 Å². The Kier molecular flexibility index (Phi) is 8.07. The Morgan fingerprint density at radius 2 is 1.91 bits per heavy atom. The van der Waals surface area contributed by atoms with Gasteiger partial charge in [-0.3, -0.25) is 0 Å². The molecule has 0 amide bonds. The lowest BCUT2D eigenvalue weighted by Crippen LogP contribution is -2.27. The highest BCUT2D eigenvalue weighted by molar-refractivity contribution is 7.94. The maximum Gasteiger partial charge on any atom is 0.283 e. The van der Waals surface area contributed by atoms with E-state index in [1.807, 2.05) is 43.3 Å². The van der Waals surface area contributed by atoms with Gasteiger partial charge in [0.05, 0.1) is 28.3 Å². The molecule has 3 rings (SSSR count). The number of rotatable bonds is 9. The highest BCUT2D eigenvalue weighted by Crippen LogP contribution is 2.37. The summed E-state index contributed by atoms with van der Waals surface area (Å²) in [4.78, 5) is 5.14. The van der Waals surface area contributed by atoms with Crippen LogP contribution in [0.4, 0.5) is 26.6 Å². The van der Waals surface area contributed by atoms with Crippen LogP contribution in [-0.2, 0) is 10.0 Å². The molecule has 1 heterocycles. The molecule has 32 heavy (non-hydrogen) atoms. The van der Waals surface area contributed by atoms with E-state index in [9.17, 15) is 12.8 Å². The van der Waals surface area contributed by atoms with Crippen LogP contribution in [0.5, 0.6) is 0 Å². The van der Waals surface area contributed by atoms with Crippen LogP contribution in [0.25, 0.3) is 0 Å². The monoisotopic (exact) mass is 537 g/mol. The van der Waals surface area contributed by atoms with Crippen LogP contribution in [0.15, 0.2) is 47.5 Å². The molecule has 0 aliphatic rings. The van der Waals surface area contributed by atoms with E-state index >= 15 is 0 Å². The molecule has 0 fully saturated rings. The molecule has 0 spiro atoms. The summed E-state index contributed by atoms with van der Waals surface area (Å²) in [5.74, 6) is -1.02. The zero-order chi connectivity index (χ0) is 23.5. The number of hydrogen-bond acceptors (Lipinski definition) is 7. The minimum absolute atomic E-state index is 0.0000983. The van der Waals surface area contributed by atoms with E-state index in [-0.39, 0.29) is 20.2 Å². The first kappa shape index (κ1) is 24.8. The van der Waals surface area contributed by atoms with Gasteiger partial charge in [-0.15, -0.1) is 3.82 Å². The van der Waals surface area contributed by atoms with Crippen LogP contribution in [0.2, 0.25) is 9.36 Å². The number of para-hydroxylation sites is 2. The summed E-state index contributed by atoms with van der Waals surface area (Å²) < 4.78 is 41.1. The summed E-state index contributed by atoms with van der Waals surface area (Å²) in [7, 11) is -0.679. The third-order valence-corrected chi connectivity index (χ3v) is 8.21. The van der Waals surface area contributed by atoms with Crippen molar-refractivity contribution in [3.05, 3.63) is 57.8 Å². The molecule has 3 aromatic rings. The van der Waals surface area contributed by atoms with Crippen molar-refractivity contribution in [2.75, 3.05) is 41.2 Å². The Bertz CT molecular complexity index is 1210. The normalized spacial score (nSPS) is 11.4. The number of likely N-dealkylation sites (N-methyl/N-ethyl adjacent to an activating group) is 2. The van der Waals surface area contributed by atoms with E-state index in [0.29, 0.717) is 9.51 Å². The van der Waals surface area contributed by atoms with Gasteiger partial charge < -0.3 is 15.5 Å². The van der Waals surface area contributed by atoms with Crippen molar-refractivity contribution in [1.29, 1.82) is 0 Å². The van der Waals surface area contributed by atoms with Crippen LogP contribution >= 0.6 is 46.3 Å². The first-order valence-electron chi connectivity index (χ1n) is 9.18. The van der Waals surface area contributed by atoms with E-state index in [4.69, 9.17) is 35.0 Å². The van der Waals surface area contributed by atoms with E-state index in [1.165, 1.54) is 6.20 Å². The van der Waals surface area contributed by atoms with Crippen LogP contribution in [0.3, 0.4) is 0 Å². The average Bonchev–Trinajstić information content (AvgIpc) is 3.20. The maximum atomic E-state index is 14.9. The molecule has 0 bridgehead atoms. The molecule has 0 atom stereocenters. The SMILES string of the molecule is CNCCN(C)c1ccccc1Nc1cc(F)c(S(=O)(=O)N(Cl)c2ncc(Cl)s2)cc1Cl. The van der Waals surface area contributed by atoms with Crippen molar-refractivity contribution in [2.45, 2.75) is 4.90 Å². The topological polar surface area (TPSA) is 77.6 Å². The lowest BCUT2D eigenvalue weighted by atomic mass is 10.2. The molecular formula is C19H19Cl3FN5O2S2. The first-order valence-corrected chi connectivity index (χ1v) is 12.5. The number of benzene rings is 2. The van der Waals surface area contributed by atoms with E-state index < -0.39 is 20.7 Å². The summed E-state index contributed by atoms with van der Waals surface area (Å²) >= 11 is 18.9. The predicted molar refractivity (Wildman–Crippen MR) is 131 cm³/mol. The predicted octanol–water partition coefficient (Wildman–Crippen LogP) is 5.34. The summed E-state index contributed by atoms with van der Waals surface area (Å²) in [6.45, 7) is 1.51. The second-order valence-electron chi connectivity index (χ2n) is 6.60. The van der Waals surface area contributed by atoms with Gasteiger partial charge in [-0.1, -0.05) is 46.7 Å². The Morgan fingerprint density at radius 3 is 2.56 bits per heavy atom. The molecule has 0 unspecified atom stereocenters. The van der Waals surface area contributed by atoms with Crippen LogP contribution in [0.1, 0.15) is 0 Å². The number of nitrogens with one attached hydrogen (secondary N) is 2. The number of anilines is 4. The van der Waals surface area contributed by atoms with Gasteiger partial charge in [-0.25, -0.2) is 9.37 Å². The van der Waals surface area contributed by atoms with Crippen molar-refractivity contribution in [1.82, 2.24) is 10.3 Å². The Hall–Kier alpha value is -1.82. The van der Waals surface area contributed by atoms with Crippen LogP contribution in [-0.4, -0.2) is 40.6 Å². The van der Waals surface area contributed by atoms with Crippen molar-refractivity contribution in [3.63, 3.8) is 0 Å². The summed E-state index contributed by atoms with van der Waals surface area (Å²) in [6, 6.07) is 9.45. The molecule has 2 aromatic carbocycles. The van der Waals surface area contributed by atoms with E-state index in [1.54, 1.807) is 0 Å². The molecule has 7 nitrogen and oxygen atoms in total. The van der Waals surface area contributed by atoms with Crippen molar-refractivity contribution in [3.8, 4) is 0 Å². The highest BCUT2D eigenvalue weighted by Gasteiger charge is 2.30. The number of hydrogen-bond donors (Lipinski definition) is 2. The van der Waals surface area contributed by atoms with E-state index in [0.717, 1.165) is 42.2 Å². The smallest absolute Gasteiger partial charge is 0.283 e. The molecule has 0 saturated carbocycles.